The van der Waals surface area contributed by atoms with E-state index in [0.717, 1.165) is 12.1 Å². The molecule has 0 unspecified atom stereocenters. The Morgan fingerprint density at radius 3 is 1.90 bits per heavy atom. The van der Waals surface area contributed by atoms with E-state index in [1.165, 1.54) is 17.9 Å². The SMILES string of the molecule is O=C(NO)c1cnc(N2C[C@@H]3C[C@H]2CN3c2cc(C(F)(F)F)cc(C(F)(F)F)c2)nc1. The maximum Gasteiger partial charge on any atom is 0.416 e. The van der Waals surface area contributed by atoms with Crippen LogP contribution in [-0.2, 0) is 12.4 Å². The molecule has 0 radical (unpaired) electrons. The number of halogens is 6. The molecular weight excluding hydrogens is 432 g/mol. The minimum atomic E-state index is -4.91. The second-order valence-corrected chi connectivity index (χ2v) is 7.32. The van der Waals surface area contributed by atoms with Gasteiger partial charge in [-0.05, 0) is 24.6 Å². The number of hydrogen-bond acceptors (Lipinski definition) is 6. The maximum atomic E-state index is 13.2. The van der Waals surface area contributed by atoms with Crippen LogP contribution in [0.4, 0.5) is 38.0 Å². The number of anilines is 2. The van der Waals surface area contributed by atoms with E-state index in [-0.39, 0.29) is 41.9 Å². The molecule has 0 aliphatic carbocycles. The second kappa shape index (κ2) is 7.25. The fourth-order valence-corrected chi connectivity index (χ4v) is 3.98. The van der Waals surface area contributed by atoms with Gasteiger partial charge in [0.05, 0.1) is 22.7 Å². The molecule has 2 saturated heterocycles. The van der Waals surface area contributed by atoms with Gasteiger partial charge in [0.2, 0.25) is 5.95 Å². The van der Waals surface area contributed by atoms with Crippen LogP contribution in [0, 0.1) is 0 Å². The highest BCUT2D eigenvalue weighted by molar-refractivity contribution is 5.92. The summed E-state index contributed by atoms with van der Waals surface area (Å²) in [5.74, 6) is -0.507. The summed E-state index contributed by atoms with van der Waals surface area (Å²) in [6.45, 7) is 0.499. The van der Waals surface area contributed by atoms with Gasteiger partial charge in [-0.25, -0.2) is 15.4 Å². The van der Waals surface area contributed by atoms with Crippen LogP contribution in [-0.4, -0.2) is 46.3 Å². The van der Waals surface area contributed by atoms with Gasteiger partial charge in [0.1, 0.15) is 0 Å². The molecule has 2 aliphatic heterocycles. The molecule has 2 fully saturated rings. The van der Waals surface area contributed by atoms with Crippen molar-refractivity contribution in [1.29, 1.82) is 0 Å². The molecule has 7 nitrogen and oxygen atoms in total. The van der Waals surface area contributed by atoms with Crippen LogP contribution in [0.1, 0.15) is 27.9 Å². The predicted octanol–water partition coefficient (Wildman–Crippen LogP) is 3.10. The first kappa shape index (κ1) is 21.2. The van der Waals surface area contributed by atoms with Crippen molar-refractivity contribution in [2.45, 2.75) is 30.9 Å². The Balaban J connectivity index is 1.57. The molecule has 31 heavy (non-hydrogen) atoms. The smallest absolute Gasteiger partial charge is 0.365 e. The van der Waals surface area contributed by atoms with E-state index in [1.54, 1.807) is 9.80 Å². The van der Waals surface area contributed by atoms with Crippen molar-refractivity contribution < 1.29 is 36.3 Å². The van der Waals surface area contributed by atoms with E-state index in [9.17, 15) is 31.1 Å². The number of carbonyl (C=O) groups excluding carboxylic acids is 1. The Hall–Kier alpha value is -3.09. The van der Waals surface area contributed by atoms with Crippen LogP contribution in [0.25, 0.3) is 0 Å². The van der Waals surface area contributed by atoms with Gasteiger partial charge in [-0.15, -0.1) is 0 Å². The first-order chi connectivity index (χ1) is 14.5. The fraction of sp³-hybridized carbons (Fsp3) is 0.389. The minimum absolute atomic E-state index is 0.0286. The summed E-state index contributed by atoms with van der Waals surface area (Å²) >= 11 is 0. The average Bonchev–Trinajstić information content (AvgIpc) is 3.33. The van der Waals surface area contributed by atoms with E-state index in [4.69, 9.17) is 5.21 Å². The van der Waals surface area contributed by atoms with Gasteiger partial charge in [-0.3, -0.25) is 10.0 Å². The normalized spacial score (nSPS) is 21.0. The third-order valence-electron chi connectivity index (χ3n) is 5.40. The molecule has 13 heteroatoms. The number of alkyl halides is 6. The topological polar surface area (TPSA) is 81.6 Å². The summed E-state index contributed by atoms with van der Waals surface area (Å²) in [4.78, 5) is 22.8. The van der Waals surface area contributed by atoms with Crippen molar-refractivity contribution in [1.82, 2.24) is 15.4 Å². The highest BCUT2D eigenvalue weighted by Crippen LogP contribution is 2.42. The molecule has 2 atom stereocenters. The van der Waals surface area contributed by atoms with Gasteiger partial charge in [0.15, 0.2) is 0 Å². The number of nitrogens with zero attached hydrogens (tertiary/aromatic N) is 4. The molecule has 166 valence electrons. The van der Waals surface area contributed by atoms with Crippen molar-refractivity contribution in [3.63, 3.8) is 0 Å². The predicted molar refractivity (Wildman–Crippen MR) is 94.6 cm³/mol. The average molecular weight is 447 g/mol. The Labute approximate surface area is 171 Å². The standard InChI is InChI=1S/C18H15F6N5O2/c19-17(20,21)10-1-11(18(22,23)24)3-12(2-10)28-7-14-4-13(28)8-29(14)16-25-5-9(6-26-16)15(30)27-31/h1-3,5-6,13-14,31H,4,7-8H2,(H,27,30)/t13-,14-/m0/s1. The lowest BCUT2D eigenvalue weighted by molar-refractivity contribution is -0.143. The summed E-state index contributed by atoms with van der Waals surface area (Å²) in [5, 5.41) is 8.62. The lowest BCUT2D eigenvalue weighted by Crippen LogP contribution is -2.47. The van der Waals surface area contributed by atoms with E-state index in [0.29, 0.717) is 13.0 Å². The number of fused-ring (bicyclic) bond motifs is 2. The second-order valence-electron chi connectivity index (χ2n) is 7.32. The van der Waals surface area contributed by atoms with Gasteiger partial charge < -0.3 is 9.80 Å². The molecule has 2 aromatic rings. The van der Waals surface area contributed by atoms with Crippen LogP contribution in [0.15, 0.2) is 30.6 Å². The van der Waals surface area contributed by atoms with Crippen LogP contribution >= 0.6 is 0 Å². The molecule has 1 amide bonds. The number of rotatable bonds is 3. The zero-order chi connectivity index (χ0) is 22.6. The number of piperazine rings is 1. The zero-order valence-electron chi connectivity index (χ0n) is 15.6. The first-order valence-electron chi connectivity index (χ1n) is 9.06. The molecule has 0 saturated carbocycles. The molecule has 0 spiro atoms. The summed E-state index contributed by atoms with van der Waals surface area (Å²) in [5.41, 5.74) is -1.35. The van der Waals surface area contributed by atoms with Crippen molar-refractivity contribution in [2.75, 3.05) is 22.9 Å². The third kappa shape index (κ3) is 3.96. The van der Waals surface area contributed by atoms with Gasteiger partial charge in [0, 0.05) is 37.2 Å². The number of benzene rings is 1. The maximum absolute atomic E-state index is 13.2. The number of nitrogens with one attached hydrogen (secondary N) is 1. The number of amides is 1. The van der Waals surface area contributed by atoms with E-state index in [1.807, 2.05) is 0 Å². The zero-order valence-corrected chi connectivity index (χ0v) is 15.6. The summed E-state index contributed by atoms with van der Waals surface area (Å²) in [7, 11) is 0. The highest BCUT2D eigenvalue weighted by Gasteiger charge is 2.46. The quantitative estimate of drug-likeness (QED) is 0.428. The lowest BCUT2D eigenvalue weighted by Gasteiger charge is -2.36. The Bertz CT molecular complexity index is 962. The number of carbonyl (C=O) groups is 1. The Morgan fingerprint density at radius 2 is 1.45 bits per heavy atom. The fourth-order valence-electron chi connectivity index (χ4n) is 3.98. The summed E-state index contributed by atoms with van der Waals surface area (Å²) in [6, 6.07) is 1.05. The molecule has 2 N–H and O–H groups in total. The number of aromatic nitrogens is 2. The Kier molecular flexibility index (Phi) is 4.95. The Morgan fingerprint density at radius 1 is 0.935 bits per heavy atom. The largest absolute Gasteiger partial charge is 0.416 e. The number of hydroxylamine groups is 1. The molecule has 1 aromatic heterocycles. The van der Waals surface area contributed by atoms with Crippen molar-refractivity contribution >= 4 is 17.5 Å². The van der Waals surface area contributed by atoms with Gasteiger partial charge in [-0.1, -0.05) is 0 Å². The molecule has 2 aliphatic rings. The molecule has 1 aromatic carbocycles. The molecule has 4 rings (SSSR count). The summed E-state index contributed by atoms with van der Waals surface area (Å²) in [6.07, 6.45) is -6.88. The van der Waals surface area contributed by atoms with Crippen LogP contribution < -0.4 is 15.3 Å². The molecular formula is C18H15F6N5O2. The van der Waals surface area contributed by atoms with Gasteiger partial charge >= 0.3 is 12.4 Å². The molecule has 3 heterocycles. The van der Waals surface area contributed by atoms with Crippen LogP contribution in [0.2, 0.25) is 0 Å². The number of hydrogen-bond donors (Lipinski definition) is 2. The first-order valence-corrected chi connectivity index (χ1v) is 9.06. The van der Waals surface area contributed by atoms with Crippen molar-refractivity contribution in [3.05, 3.63) is 47.3 Å². The van der Waals surface area contributed by atoms with Crippen LogP contribution in [0.3, 0.4) is 0 Å². The van der Waals surface area contributed by atoms with E-state index >= 15 is 0 Å². The lowest BCUT2D eigenvalue weighted by atomic mass is 10.1. The molecule has 2 bridgehead atoms. The van der Waals surface area contributed by atoms with E-state index in [2.05, 4.69) is 9.97 Å². The monoisotopic (exact) mass is 447 g/mol. The van der Waals surface area contributed by atoms with E-state index < -0.39 is 29.4 Å². The third-order valence-corrected chi connectivity index (χ3v) is 5.40. The highest BCUT2D eigenvalue weighted by atomic mass is 19.4. The van der Waals surface area contributed by atoms with Gasteiger partial charge in [-0.2, -0.15) is 26.3 Å². The van der Waals surface area contributed by atoms with Gasteiger partial charge in [0.25, 0.3) is 5.91 Å². The van der Waals surface area contributed by atoms with Crippen molar-refractivity contribution in [3.8, 4) is 0 Å². The van der Waals surface area contributed by atoms with Crippen LogP contribution in [0.5, 0.6) is 0 Å². The minimum Gasteiger partial charge on any atom is -0.365 e. The van der Waals surface area contributed by atoms with Crippen molar-refractivity contribution in [2.24, 2.45) is 0 Å². The summed E-state index contributed by atoms with van der Waals surface area (Å²) < 4.78 is 78.9.